The number of rotatable bonds is 7. The largest absolute Gasteiger partial charge is 0.494 e. The average Bonchev–Trinajstić information content (AvgIpc) is 2.71. The molecule has 2 aromatic carbocycles. The van der Waals surface area contributed by atoms with Crippen molar-refractivity contribution in [2.24, 2.45) is 0 Å². The lowest BCUT2D eigenvalue weighted by Gasteiger charge is -2.34. The number of amides is 1. The van der Waals surface area contributed by atoms with Gasteiger partial charge in [-0.05, 0) is 23.8 Å². The lowest BCUT2D eigenvalue weighted by molar-refractivity contribution is -0.384. The fraction of sp³-hybridized carbons (Fsp3) is 0.350. The predicted molar refractivity (Wildman–Crippen MR) is 111 cm³/mol. The Morgan fingerprint density at radius 1 is 1.20 bits per heavy atom. The third-order valence-electron chi connectivity index (χ3n) is 4.89. The molecule has 1 fully saturated rings. The van der Waals surface area contributed by atoms with Crippen molar-refractivity contribution in [3.8, 4) is 5.75 Å². The maximum Gasteiger partial charge on any atom is 0.271 e. The van der Waals surface area contributed by atoms with Crippen LogP contribution in [0.3, 0.4) is 0 Å². The first-order valence-corrected chi connectivity index (χ1v) is 9.74. The van der Waals surface area contributed by atoms with Gasteiger partial charge in [0, 0.05) is 44.9 Å². The molecule has 0 aromatic heterocycles. The molecule has 1 amide bonds. The highest BCUT2D eigenvalue weighted by Crippen LogP contribution is 2.26. The maximum atomic E-state index is 13.8. The second-order valence-corrected chi connectivity index (χ2v) is 7.40. The molecule has 1 aliphatic rings. The molecule has 0 unspecified atom stereocenters. The number of nitrogens with zero attached hydrogens (tertiary/aromatic N) is 3. The number of benzene rings is 2. The van der Waals surface area contributed by atoms with Gasteiger partial charge in [0.2, 0.25) is 5.91 Å². The molecule has 0 atom stereocenters. The zero-order valence-corrected chi connectivity index (χ0v) is 17.2. The molecule has 160 valence electrons. The quantitative estimate of drug-likeness (QED) is 0.530. The topological polar surface area (TPSA) is 88.0 Å². The molecule has 1 saturated heterocycles. The minimum absolute atomic E-state index is 0.120. The van der Waals surface area contributed by atoms with E-state index in [2.05, 4.69) is 10.2 Å². The van der Waals surface area contributed by atoms with Gasteiger partial charge in [-0.2, -0.15) is 0 Å². The molecule has 0 bridgehead atoms. The van der Waals surface area contributed by atoms with Crippen LogP contribution >= 0.6 is 11.6 Å². The molecule has 0 spiro atoms. The van der Waals surface area contributed by atoms with Crippen molar-refractivity contribution in [1.29, 1.82) is 0 Å². The Kier molecular flexibility index (Phi) is 7.20. The van der Waals surface area contributed by atoms with Crippen LogP contribution in [0.15, 0.2) is 36.4 Å². The van der Waals surface area contributed by atoms with Gasteiger partial charge in [-0.25, -0.2) is 4.39 Å². The highest BCUT2D eigenvalue weighted by atomic mass is 35.5. The lowest BCUT2D eigenvalue weighted by atomic mass is 10.2. The summed E-state index contributed by atoms with van der Waals surface area (Å²) >= 11 is 6.01. The molecule has 1 aliphatic heterocycles. The summed E-state index contributed by atoms with van der Waals surface area (Å²) in [5.74, 6) is -0.394. The third kappa shape index (κ3) is 5.65. The van der Waals surface area contributed by atoms with Gasteiger partial charge in [0.1, 0.15) is 0 Å². The molecular weight excluding hydrogens is 415 g/mol. The molecule has 0 radical (unpaired) electrons. The first-order valence-electron chi connectivity index (χ1n) is 9.36. The molecule has 1 N–H and O–H groups in total. The minimum atomic E-state index is -0.544. The number of carbonyl (C=O) groups excluding carboxylic acids is 1. The van der Waals surface area contributed by atoms with Gasteiger partial charge >= 0.3 is 0 Å². The normalized spacial score (nSPS) is 15.0. The van der Waals surface area contributed by atoms with E-state index in [-0.39, 0.29) is 34.7 Å². The first-order chi connectivity index (χ1) is 14.4. The number of halogens is 2. The number of non-ortho nitro benzene ring substituents is 1. The van der Waals surface area contributed by atoms with Crippen molar-refractivity contribution in [3.05, 3.63) is 62.9 Å². The van der Waals surface area contributed by atoms with E-state index in [0.29, 0.717) is 25.3 Å². The van der Waals surface area contributed by atoms with Crippen molar-refractivity contribution in [3.63, 3.8) is 0 Å². The third-order valence-corrected chi connectivity index (χ3v) is 5.20. The van der Waals surface area contributed by atoms with Crippen molar-refractivity contribution in [2.75, 3.05) is 45.2 Å². The van der Waals surface area contributed by atoms with Crippen LogP contribution in [0, 0.1) is 15.9 Å². The van der Waals surface area contributed by atoms with E-state index in [1.165, 1.54) is 31.4 Å². The first kappa shape index (κ1) is 21.9. The van der Waals surface area contributed by atoms with Crippen molar-refractivity contribution < 1.29 is 18.8 Å². The van der Waals surface area contributed by atoms with Crippen LogP contribution in [0.5, 0.6) is 5.75 Å². The number of nitrogens with one attached hydrogen (secondary N) is 1. The minimum Gasteiger partial charge on any atom is -0.494 e. The summed E-state index contributed by atoms with van der Waals surface area (Å²) in [5, 5.41) is 13.6. The number of hydrogen-bond acceptors (Lipinski definition) is 6. The van der Waals surface area contributed by atoms with Gasteiger partial charge in [-0.3, -0.25) is 24.7 Å². The Bertz CT molecular complexity index is 935. The Balaban J connectivity index is 1.47. The van der Waals surface area contributed by atoms with Gasteiger partial charge in [-0.15, -0.1) is 0 Å². The summed E-state index contributed by atoms with van der Waals surface area (Å²) in [6.45, 7) is 3.70. The highest BCUT2D eigenvalue weighted by Gasteiger charge is 2.20. The maximum absolute atomic E-state index is 13.8. The van der Waals surface area contributed by atoms with Crippen molar-refractivity contribution in [1.82, 2.24) is 9.80 Å². The van der Waals surface area contributed by atoms with Gasteiger partial charge < -0.3 is 10.1 Å². The Labute approximate surface area is 178 Å². The van der Waals surface area contributed by atoms with E-state index in [4.69, 9.17) is 16.3 Å². The van der Waals surface area contributed by atoms with Crippen LogP contribution in [0.25, 0.3) is 0 Å². The number of hydrogen-bond donors (Lipinski definition) is 1. The van der Waals surface area contributed by atoms with Crippen LogP contribution < -0.4 is 10.1 Å². The average molecular weight is 437 g/mol. The predicted octanol–water partition coefficient (Wildman–Crippen LogP) is 3.15. The molecule has 2 aromatic rings. The van der Waals surface area contributed by atoms with Gasteiger partial charge in [0.15, 0.2) is 11.6 Å². The Morgan fingerprint density at radius 3 is 2.50 bits per heavy atom. The summed E-state index contributed by atoms with van der Waals surface area (Å²) in [6, 6.07) is 8.86. The van der Waals surface area contributed by atoms with E-state index in [9.17, 15) is 19.3 Å². The van der Waals surface area contributed by atoms with Crippen molar-refractivity contribution in [2.45, 2.75) is 6.54 Å². The molecule has 1 heterocycles. The molecular formula is C20H22ClFN4O4. The summed E-state index contributed by atoms with van der Waals surface area (Å²) in [4.78, 5) is 26.7. The Morgan fingerprint density at radius 2 is 1.90 bits per heavy atom. The summed E-state index contributed by atoms with van der Waals surface area (Å²) in [5.41, 5.74) is 1.07. The molecule has 0 saturated carbocycles. The number of methoxy groups -OCH3 is 1. The van der Waals surface area contributed by atoms with Crippen LogP contribution in [-0.2, 0) is 11.3 Å². The molecule has 30 heavy (non-hydrogen) atoms. The zero-order valence-electron chi connectivity index (χ0n) is 16.4. The smallest absolute Gasteiger partial charge is 0.271 e. The number of nitro benzene ring substituents is 1. The SMILES string of the molecule is COc1ccc(CN2CCN(CC(=O)Nc3ccc([N+](=O)[O-])cc3Cl)CC2)cc1F. The summed E-state index contributed by atoms with van der Waals surface area (Å²) in [7, 11) is 1.43. The molecule has 3 rings (SSSR count). The number of piperazine rings is 1. The number of ether oxygens (including phenoxy) is 1. The summed E-state index contributed by atoms with van der Waals surface area (Å²) in [6.07, 6.45) is 0. The van der Waals surface area contributed by atoms with E-state index >= 15 is 0 Å². The van der Waals surface area contributed by atoms with Crippen LogP contribution in [0.2, 0.25) is 5.02 Å². The van der Waals surface area contributed by atoms with Gasteiger partial charge in [0.05, 0.1) is 29.3 Å². The van der Waals surface area contributed by atoms with Crippen LogP contribution in [-0.4, -0.2) is 60.5 Å². The monoisotopic (exact) mass is 436 g/mol. The second-order valence-electron chi connectivity index (χ2n) is 6.99. The van der Waals surface area contributed by atoms with E-state index < -0.39 is 4.92 Å². The molecule has 10 heteroatoms. The number of carbonyl (C=O) groups is 1. The Hall–Kier alpha value is -2.75. The van der Waals surface area contributed by atoms with Gasteiger partial charge in [0.25, 0.3) is 5.69 Å². The van der Waals surface area contributed by atoms with Crippen molar-refractivity contribution >= 4 is 28.9 Å². The molecule has 0 aliphatic carbocycles. The van der Waals surface area contributed by atoms with E-state index in [0.717, 1.165) is 18.7 Å². The van der Waals surface area contributed by atoms with Crippen LogP contribution in [0.4, 0.5) is 15.8 Å². The zero-order chi connectivity index (χ0) is 21.7. The molecule has 8 nitrogen and oxygen atoms in total. The second kappa shape index (κ2) is 9.84. The fourth-order valence-corrected chi connectivity index (χ4v) is 3.51. The highest BCUT2D eigenvalue weighted by molar-refractivity contribution is 6.34. The fourth-order valence-electron chi connectivity index (χ4n) is 3.28. The van der Waals surface area contributed by atoms with Crippen LogP contribution in [0.1, 0.15) is 5.56 Å². The van der Waals surface area contributed by atoms with Gasteiger partial charge in [-0.1, -0.05) is 17.7 Å². The lowest BCUT2D eigenvalue weighted by Crippen LogP contribution is -2.48. The van der Waals surface area contributed by atoms with E-state index in [1.807, 2.05) is 11.0 Å². The number of anilines is 1. The van der Waals surface area contributed by atoms with E-state index in [1.54, 1.807) is 6.07 Å². The summed E-state index contributed by atoms with van der Waals surface area (Å²) < 4.78 is 18.8. The number of nitro groups is 1. The standard InChI is InChI=1S/C20H22ClFN4O4/c1-30-19-5-2-14(10-17(19)22)12-24-6-8-25(9-7-24)13-20(27)23-18-4-3-15(26(28)29)11-16(18)21/h2-5,10-11H,6-9,12-13H2,1H3,(H,23,27).